The number of carboxylic acid groups (broad SMARTS) is 1. The molecule has 2 aliphatic heterocycles. The smallest absolute Gasteiger partial charge is 0.478 e. The molecule has 0 radical (unpaired) electrons. The maximum Gasteiger partial charge on any atom is 0.572 e. The van der Waals surface area contributed by atoms with Crippen LogP contribution >= 0.6 is 0 Å². The van der Waals surface area contributed by atoms with Gasteiger partial charge in [-0.3, -0.25) is 9.89 Å². The van der Waals surface area contributed by atoms with Crippen LogP contribution in [-0.2, 0) is 9.47 Å². The highest BCUT2D eigenvalue weighted by Gasteiger charge is 2.62. The molecule has 1 unspecified atom stereocenters. The number of allylic oxidation sites excluding steroid dienone is 2. The van der Waals surface area contributed by atoms with Gasteiger partial charge in [-0.25, -0.2) is 9.59 Å². The number of amides is 1. The van der Waals surface area contributed by atoms with Gasteiger partial charge in [0.05, 0.1) is 22.2 Å². The Kier molecular flexibility index (Phi) is 6.98. The molecule has 12 heteroatoms. The van der Waals surface area contributed by atoms with Crippen molar-refractivity contribution in [2.75, 3.05) is 38.0 Å². The molecule has 1 aromatic carbocycles. The highest BCUT2D eigenvalue weighted by molar-refractivity contribution is 5.94. The number of carboxylic acids is 1. The van der Waals surface area contributed by atoms with E-state index in [4.69, 9.17) is 4.74 Å². The summed E-state index contributed by atoms with van der Waals surface area (Å²) in [6.07, 6.45) is -0.998. The van der Waals surface area contributed by atoms with E-state index in [1.165, 1.54) is 18.2 Å². The number of rotatable bonds is 6. The number of carbonyl (C=O) groups excluding carboxylic acids is 1. The van der Waals surface area contributed by atoms with Crippen molar-refractivity contribution in [1.82, 2.24) is 9.80 Å². The molecule has 2 heterocycles. The number of nitrogens with zero attached hydrogens (tertiary/aromatic N) is 3. The molecule has 1 aliphatic carbocycles. The van der Waals surface area contributed by atoms with Crippen LogP contribution in [0.25, 0.3) is 0 Å². The lowest BCUT2D eigenvalue weighted by Crippen LogP contribution is -2.67. The molecule has 4 rings (SSSR count). The van der Waals surface area contributed by atoms with E-state index < -0.39 is 35.0 Å². The maximum absolute atomic E-state index is 13.4. The van der Waals surface area contributed by atoms with E-state index >= 15 is 0 Å². The normalized spacial score (nSPS) is 25.5. The Labute approximate surface area is 218 Å². The molecule has 2 atom stereocenters. The van der Waals surface area contributed by atoms with Crippen molar-refractivity contribution in [2.24, 2.45) is 10.4 Å². The third-order valence-corrected chi connectivity index (χ3v) is 7.11. The first-order valence-corrected chi connectivity index (χ1v) is 12.2. The average molecular weight is 537 g/mol. The summed E-state index contributed by atoms with van der Waals surface area (Å²) in [4.78, 5) is 32.4. The van der Waals surface area contributed by atoms with E-state index in [0.29, 0.717) is 24.5 Å². The molecule has 0 saturated carbocycles. The van der Waals surface area contributed by atoms with Crippen LogP contribution in [0.4, 0.5) is 23.7 Å². The van der Waals surface area contributed by atoms with Crippen molar-refractivity contribution >= 4 is 24.0 Å². The van der Waals surface area contributed by atoms with Crippen LogP contribution in [0.15, 0.2) is 52.9 Å². The monoisotopic (exact) mass is 536 g/mol. The first kappa shape index (κ1) is 27.5. The van der Waals surface area contributed by atoms with Crippen molar-refractivity contribution in [3.63, 3.8) is 0 Å². The van der Waals surface area contributed by atoms with Gasteiger partial charge >= 0.3 is 18.4 Å². The van der Waals surface area contributed by atoms with Crippen LogP contribution in [0.1, 0.15) is 38.1 Å². The molecule has 2 N–H and O–H groups in total. The van der Waals surface area contributed by atoms with Gasteiger partial charge in [0.1, 0.15) is 11.4 Å². The Morgan fingerprint density at radius 3 is 2.37 bits per heavy atom. The van der Waals surface area contributed by atoms with Gasteiger partial charge in [-0.1, -0.05) is 12.1 Å². The van der Waals surface area contributed by atoms with Gasteiger partial charge in [0.15, 0.2) is 0 Å². The van der Waals surface area contributed by atoms with E-state index in [9.17, 15) is 27.9 Å². The summed E-state index contributed by atoms with van der Waals surface area (Å²) < 4.78 is 50.2. The van der Waals surface area contributed by atoms with Crippen LogP contribution in [0.2, 0.25) is 0 Å². The van der Waals surface area contributed by atoms with E-state index in [0.717, 1.165) is 0 Å². The Morgan fingerprint density at radius 2 is 1.76 bits per heavy atom. The number of hydrogen-bond acceptors (Lipinski definition) is 7. The molecule has 206 valence electrons. The number of carbonyl (C=O) groups is 2. The van der Waals surface area contributed by atoms with E-state index in [1.54, 1.807) is 57.0 Å². The minimum Gasteiger partial charge on any atom is -0.478 e. The van der Waals surface area contributed by atoms with Gasteiger partial charge in [-0.05, 0) is 52.0 Å². The molecule has 0 aromatic heterocycles. The second-order valence-corrected chi connectivity index (χ2v) is 10.6. The third kappa shape index (κ3) is 5.09. The molecule has 9 nitrogen and oxygen atoms in total. The average Bonchev–Trinajstić information content (AvgIpc) is 3.29. The third-order valence-electron chi connectivity index (χ3n) is 7.11. The fourth-order valence-electron chi connectivity index (χ4n) is 5.19. The molecule has 1 fully saturated rings. The van der Waals surface area contributed by atoms with E-state index in [-0.39, 0.29) is 31.0 Å². The topological polar surface area (TPSA) is 104 Å². The summed E-state index contributed by atoms with van der Waals surface area (Å²) >= 11 is 0. The van der Waals surface area contributed by atoms with Crippen molar-refractivity contribution < 1.29 is 37.3 Å². The molecule has 1 aromatic rings. The number of para-hydroxylation sites is 1. The zero-order valence-corrected chi connectivity index (χ0v) is 21.6. The Balaban J connectivity index is 1.66. The van der Waals surface area contributed by atoms with Gasteiger partial charge in [0.2, 0.25) is 0 Å². The number of piperazine rings is 1. The quantitative estimate of drug-likeness (QED) is 0.552. The lowest BCUT2D eigenvalue weighted by atomic mass is 9.69. The highest BCUT2D eigenvalue weighted by atomic mass is 19.4. The summed E-state index contributed by atoms with van der Waals surface area (Å²) in [6.45, 7) is 8.18. The minimum absolute atomic E-state index is 0.0274. The van der Waals surface area contributed by atoms with Crippen LogP contribution < -0.4 is 5.32 Å². The number of alkyl halides is 3. The summed E-state index contributed by atoms with van der Waals surface area (Å²) in [5, 5.41) is 12.8. The number of aliphatic imine (C=N–C) groups is 1. The fourth-order valence-corrected chi connectivity index (χ4v) is 5.19. The Bertz CT molecular complexity index is 1200. The van der Waals surface area contributed by atoms with E-state index in [1.807, 2.05) is 4.90 Å². The maximum atomic E-state index is 13.4. The number of fused-ring (bicyclic) bond motifs is 1. The van der Waals surface area contributed by atoms with Crippen molar-refractivity contribution in [1.29, 1.82) is 0 Å². The van der Waals surface area contributed by atoms with Gasteiger partial charge < -0.3 is 24.8 Å². The Morgan fingerprint density at radius 1 is 1.11 bits per heavy atom. The minimum atomic E-state index is -4.91. The second kappa shape index (κ2) is 9.64. The van der Waals surface area contributed by atoms with Gasteiger partial charge in [0.25, 0.3) is 0 Å². The second-order valence-electron chi connectivity index (χ2n) is 10.6. The van der Waals surface area contributed by atoms with E-state index in [2.05, 4.69) is 15.0 Å². The standard InChI is InChI=1S/C26H31F3N4O5/c1-23(2,3)38-22(36)32-11-13-33(14-12-32)25(15-30-18-8-6-5-7-17(18)21(34)35)16-31-19-9-10-20(24(19,25)4)37-26(27,28)29/h5-10,16,30H,11-15H2,1-4H3,(H,34,35)/t24-,25?/m1/s1. The molecular weight excluding hydrogens is 505 g/mol. The highest BCUT2D eigenvalue weighted by Crippen LogP contribution is 2.56. The summed E-state index contributed by atoms with van der Waals surface area (Å²) in [6, 6.07) is 6.31. The number of anilines is 1. The van der Waals surface area contributed by atoms with Gasteiger partial charge in [0, 0.05) is 44.6 Å². The molecule has 38 heavy (non-hydrogen) atoms. The van der Waals surface area contributed by atoms with Crippen LogP contribution in [-0.4, -0.2) is 83.4 Å². The number of aromatic carboxylic acids is 1. The number of benzene rings is 1. The lowest BCUT2D eigenvalue weighted by Gasteiger charge is -2.51. The van der Waals surface area contributed by atoms with Crippen LogP contribution in [0.5, 0.6) is 0 Å². The van der Waals surface area contributed by atoms with Crippen LogP contribution in [0, 0.1) is 5.41 Å². The largest absolute Gasteiger partial charge is 0.572 e. The van der Waals surface area contributed by atoms with Crippen LogP contribution in [0.3, 0.4) is 0 Å². The predicted octanol–water partition coefficient (Wildman–Crippen LogP) is 4.50. The summed E-state index contributed by atoms with van der Waals surface area (Å²) in [5.74, 6) is -1.44. The zero-order chi connectivity index (χ0) is 27.9. The van der Waals surface area contributed by atoms with Crippen molar-refractivity contribution in [3.05, 3.63) is 53.4 Å². The molecule has 1 amide bonds. The zero-order valence-electron chi connectivity index (χ0n) is 21.6. The number of hydrogen-bond donors (Lipinski definition) is 2. The molecule has 3 aliphatic rings. The molecular formula is C26H31F3N4O5. The first-order valence-electron chi connectivity index (χ1n) is 12.2. The lowest BCUT2D eigenvalue weighted by molar-refractivity contribution is -0.312. The molecule has 0 spiro atoms. The molecule has 0 bridgehead atoms. The fraction of sp³-hybridized carbons (Fsp3) is 0.500. The number of halogens is 3. The van der Waals surface area contributed by atoms with Gasteiger partial charge in [-0.15, -0.1) is 13.2 Å². The van der Waals surface area contributed by atoms with Gasteiger partial charge in [-0.2, -0.15) is 0 Å². The van der Waals surface area contributed by atoms with Crippen molar-refractivity contribution in [3.8, 4) is 0 Å². The number of ether oxygens (including phenoxy) is 2. The van der Waals surface area contributed by atoms with Crippen molar-refractivity contribution in [2.45, 2.75) is 45.2 Å². The number of nitrogens with one attached hydrogen (secondary N) is 1. The summed E-state index contributed by atoms with van der Waals surface area (Å²) in [7, 11) is 0. The first-order chi connectivity index (χ1) is 17.7. The summed E-state index contributed by atoms with van der Waals surface area (Å²) in [5.41, 5.74) is -2.41. The molecule has 1 saturated heterocycles. The predicted molar refractivity (Wildman–Crippen MR) is 134 cm³/mol. The SMILES string of the molecule is CC(C)(C)OC(=O)N1CCN(C2(CNc3ccccc3C(=O)O)C=NC3=CC=C(OC(F)(F)F)[C@@]32C)CC1. The Hall–Kier alpha value is -3.54.